The SMILES string of the molecule is CC(F)C(F)(F)C(F)=C(F)C(C(F)(F)F)(C(F)(F)F)C(F)(F)F. The number of halogens is 14. The summed E-state index contributed by atoms with van der Waals surface area (Å²) >= 11 is 0. The van der Waals surface area contributed by atoms with Gasteiger partial charge in [0.15, 0.2) is 12.0 Å². The maximum atomic E-state index is 13.2. The zero-order chi connectivity index (χ0) is 19.2. The number of allylic oxidation sites excluding steroid dienone is 2. The highest BCUT2D eigenvalue weighted by atomic mass is 19.4. The van der Waals surface area contributed by atoms with Crippen LogP contribution < -0.4 is 0 Å². The van der Waals surface area contributed by atoms with E-state index in [0.717, 1.165) is 0 Å². The van der Waals surface area contributed by atoms with Crippen molar-refractivity contribution in [1.82, 2.24) is 0 Å². The minimum atomic E-state index is -7.64. The summed E-state index contributed by atoms with van der Waals surface area (Å²) in [6.45, 7) is -0.316. The van der Waals surface area contributed by atoms with Gasteiger partial charge < -0.3 is 0 Å². The maximum Gasteiger partial charge on any atom is 0.418 e. The molecule has 23 heavy (non-hydrogen) atoms. The normalized spacial score (nSPS) is 17.9. The Morgan fingerprint density at radius 3 is 1.04 bits per heavy atom. The molecule has 0 amide bonds. The minimum Gasteiger partial charge on any atom is -0.241 e. The Morgan fingerprint density at radius 2 is 0.870 bits per heavy atom. The molecule has 0 N–H and O–H groups in total. The molecule has 0 aliphatic carbocycles. The Bertz CT molecular complexity index is 422. The molecule has 0 bridgehead atoms. The van der Waals surface area contributed by atoms with Gasteiger partial charge in [-0.1, -0.05) is 0 Å². The van der Waals surface area contributed by atoms with Crippen molar-refractivity contribution in [3.8, 4) is 0 Å². The molecule has 0 aromatic carbocycles. The fourth-order valence-electron chi connectivity index (χ4n) is 1.34. The average Bonchev–Trinajstić information content (AvgIpc) is 2.21. The topological polar surface area (TPSA) is 0 Å². The Morgan fingerprint density at radius 1 is 0.609 bits per heavy atom. The van der Waals surface area contributed by atoms with Crippen LogP contribution in [0, 0.1) is 5.41 Å². The molecule has 0 aliphatic rings. The van der Waals surface area contributed by atoms with Gasteiger partial charge in [0.05, 0.1) is 0 Å². The van der Waals surface area contributed by atoms with Crippen molar-refractivity contribution >= 4 is 0 Å². The Kier molecular flexibility index (Phi) is 5.38. The first-order chi connectivity index (χ1) is 9.76. The summed E-state index contributed by atoms with van der Waals surface area (Å²) in [5.74, 6) is -15.4. The highest BCUT2D eigenvalue weighted by molar-refractivity contribution is 5.25. The van der Waals surface area contributed by atoms with E-state index in [1.165, 1.54) is 0 Å². The lowest BCUT2D eigenvalue weighted by Crippen LogP contribution is -2.60. The number of hydrogen-bond donors (Lipinski definition) is 0. The molecule has 0 fully saturated rings. The van der Waals surface area contributed by atoms with Crippen LogP contribution in [0.5, 0.6) is 0 Å². The van der Waals surface area contributed by atoms with Crippen LogP contribution in [0.15, 0.2) is 11.7 Å². The molecule has 138 valence electrons. The van der Waals surface area contributed by atoms with Crippen LogP contribution in [0.3, 0.4) is 0 Å². The largest absolute Gasteiger partial charge is 0.418 e. The predicted octanol–water partition coefficient (Wildman–Crippen LogP) is 5.80. The van der Waals surface area contributed by atoms with E-state index in [9.17, 15) is 61.5 Å². The average molecular weight is 378 g/mol. The van der Waals surface area contributed by atoms with Gasteiger partial charge in [0.25, 0.3) is 0 Å². The van der Waals surface area contributed by atoms with E-state index in [4.69, 9.17) is 0 Å². The van der Waals surface area contributed by atoms with Crippen molar-refractivity contribution in [2.45, 2.75) is 37.5 Å². The molecule has 0 aliphatic heterocycles. The second-order valence-electron chi connectivity index (χ2n) is 4.11. The van der Waals surface area contributed by atoms with E-state index < -0.39 is 47.7 Å². The number of hydrogen-bond acceptors (Lipinski definition) is 0. The summed E-state index contributed by atoms with van der Waals surface area (Å²) in [4.78, 5) is 0. The summed E-state index contributed by atoms with van der Waals surface area (Å²) in [6.07, 6.45) is -26.8. The molecule has 0 saturated heterocycles. The number of rotatable bonds is 3. The zero-order valence-electron chi connectivity index (χ0n) is 10.4. The van der Waals surface area contributed by atoms with E-state index in [0.29, 0.717) is 0 Å². The Labute approximate surface area is 117 Å². The zero-order valence-corrected chi connectivity index (χ0v) is 10.4. The lowest BCUT2D eigenvalue weighted by atomic mass is 9.82. The van der Waals surface area contributed by atoms with Crippen LogP contribution in [0.25, 0.3) is 0 Å². The van der Waals surface area contributed by atoms with Gasteiger partial charge in [-0.3, -0.25) is 0 Å². The molecule has 0 spiro atoms. The first-order valence-electron chi connectivity index (χ1n) is 5.04. The van der Waals surface area contributed by atoms with Gasteiger partial charge in [-0.2, -0.15) is 48.3 Å². The smallest absolute Gasteiger partial charge is 0.241 e. The minimum absolute atomic E-state index is 0.316. The fourth-order valence-corrected chi connectivity index (χ4v) is 1.34. The highest BCUT2D eigenvalue weighted by Gasteiger charge is 2.87. The van der Waals surface area contributed by atoms with Crippen molar-refractivity contribution in [3.63, 3.8) is 0 Å². The molecule has 1 unspecified atom stereocenters. The highest BCUT2D eigenvalue weighted by Crippen LogP contribution is 2.64. The lowest BCUT2D eigenvalue weighted by molar-refractivity contribution is -0.416. The number of alkyl halides is 12. The monoisotopic (exact) mass is 378 g/mol. The molecule has 0 aromatic heterocycles. The fraction of sp³-hybridized carbons (Fsp3) is 0.778. The molecular formula is C9H4F14. The van der Waals surface area contributed by atoms with E-state index in [2.05, 4.69) is 0 Å². The summed E-state index contributed by atoms with van der Waals surface area (Å²) in [7, 11) is 0. The first kappa shape index (κ1) is 21.8. The van der Waals surface area contributed by atoms with Gasteiger partial charge >= 0.3 is 29.9 Å². The third-order valence-electron chi connectivity index (χ3n) is 2.59. The van der Waals surface area contributed by atoms with Crippen LogP contribution in [0.4, 0.5) is 61.5 Å². The van der Waals surface area contributed by atoms with Crippen molar-refractivity contribution < 1.29 is 61.5 Å². The van der Waals surface area contributed by atoms with Crippen LogP contribution in [-0.4, -0.2) is 30.6 Å². The summed E-state index contributed by atoms with van der Waals surface area (Å²) in [5.41, 5.74) is -7.57. The van der Waals surface area contributed by atoms with E-state index >= 15 is 0 Å². The lowest BCUT2D eigenvalue weighted by Gasteiger charge is -2.37. The summed E-state index contributed by atoms with van der Waals surface area (Å²) < 4.78 is 175. The standard InChI is InChI=1S/C9H4F14/c1-2(10)5(13,14)3(11)4(12)6(7(15,16)17,8(18,19)20)9(21,22)23/h2H,1H3. The third kappa shape index (κ3) is 3.20. The van der Waals surface area contributed by atoms with Crippen molar-refractivity contribution in [1.29, 1.82) is 0 Å². The summed E-state index contributed by atoms with van der Waals surface area (Å²) in [5, 5.41) is 0. The quantitative estimate of drug-likeness (QED) is 0.545. The molecular weight excluding hydrogens is 374 g/mol. The van der Waals surface area contributed by atoms with Gasteiger partial charge in [0.2, 0.25) is 5.83 Å². The van der Waals surface area contributed by atoms with Crippen LogP contribution in [0.2, 0.25) is 0 Å². The molecule has 0 radical (unpaired) electrons. The molecule has 0 aromatic rings. The van der Waals surface area contributed by atoms with Gasteiger partial charge in [-0.05, 0) is 6.92 Å². The third-order valence-corrected chi connectivity index (χ3v) is 2.59. The summed E-state index contributed by atoms with van der Waals surface area (Å²) in [6, 6.07) is 0. The second-order valence-corrected chi connectivity index (χ2v) is 4.11. The van der Waals surface area contributed by atoms with E-state index in [1.807, 2.05) is 0 Å². The molecule has 0 nitrogen and oxygen atoms in total. The molecule has 0 rings (SSSR count). The van der Waals surface area contributed by atoms with Crippen molar-refractivity contribution in [3.05, 3.63) is 11.7 Å². The van der Waals surface area contributed by atoms with Gasteiger partial charge in [-0.15, -0.1) is 0 Å². The Balaban J connectivity index is 7.00. The predicted molar refractivity (Wildman–Crippen MR) is 45.4 cm³/mol. The van der Waals surface area contributed by atoms with Crippen LogP contribution >= 0.6 is 0 Å². The molecule has 14 heteroatoms. The molecule has 0 heterocycles. The van der Waals surface area contributed by atoms with Gasteiger partial charge in [0.1, 0.15) is 0 Å². The molecule has 1 atom stereocenters. The van der Waals surface area contributed by atoms with Gasteiger partial charge in [-0.25, -0.2) is 13.2 Å². The maximum absolute atomic E-state index is 13.2. The van der Waals surface area contributed by atoms with E-state index in [1.54, 1.807) is 0 Å². The Hall–Kier alpha value is -1.24. The van der Waals surface area contributed by atoms with Crippen molar-refractivity contribution in [2.75, 3.05) is 0 Å². The second kappa shape index (κ2) is 5.69. The molecule has 0 saturated carbocycles. The van der Waals surface area contributed by atoms with Crippen molar-refractivity contribution in [2.24, 2.45) is 5.41 Å². The van der Waals surface area contributed by atoms with Crippen LogP contribution in [-0.2, 0) is 0 Å². The first-order valence-corrected chi connectivity index (χ1v) is 5.04. The van der Waals surface area contributed by atoms with Crippen LogP contribution in [0.1, 0.15) is 6.92 Å². The van der Waals surface area contributed by atoms with Gasteiger partial charge in [0, 0.05) is 0 Å². The van der Waals surface area contributed by atoms with E-state index in [-0.39, 0.29) is 6.92 Å².